The number of hydrogen-bond donors (Lipinski definition) is 1. The Morgan fingerprint density at radius 3 is 2.37 bits per heavy atom. The van der Waals surface area contributed by atoms with Crippen LogP contribution in [-0.4, -0.2) is 23.1 Å². The van der Waals surface area contributed by atoms with Gasteiger partial charge < -0.3 is 5.32 Å². The second-order valence-electron chi connectivity index (χ2n) is 4.13. The van der Waals surface area contributed by atoms with Crippen LogP contribution >= 0.6 is 23.5 Å². The molecule has 1 N–H and O–H groups in total. The quantitative estimate of drug-likeness (QED) is 0.743. The highest BCUT2D eigenvalue weighted by atomic mass is 32.2. The van der Waals surface area contributed by atoms with Crippen LogP contribution in [0, 0.1) is 0 Å². The monoisotopic (exact) mass is 309 g/mol. The predicted octanol–water partition coefficient (Wildman–Crippen LogP) is 4.53. The van der Waals surface area contributed by atoms with Crippen molar-refractivity contribution in [1.82, 2.24) is 5.32 Å². The van der Waals surface area contributed by atoms with E-state index < -0.39 is 5.51 Å². The lowest BCUT2D eigenvalue weighted by Crippen LogP contribution is -2.27. The largest absolute Gasteiger partial charge is 0.446 e. The van der Waals surface area contributed by atoms with Gasteiger partial charge >= 0.3 is 5.51 Å². The number of hydrogen-bond acceptors (Lipinski definition) is 3. The molecular formula is C13H18F3NS2. The molecule has 0 heterocycles. The fraction of sp³-hybridized carbons (Fsp3) is 0.538. The third kappa shape index (κ3) is 7.74. The minimum Gasteiger partial charge on any atom is -0.309 e. The Labute approximate surface area is 120 Å². The molecule has 0 amide bonds. The van der Waals surface area contributed by atoms with E-state index in [9.17, 15) is 13.2 Å². The summed E-state index contributed by atoms with van der Waals surface area (Å²) in [4.78, 5) is 0.228. The second kappa shape index (κ2) is 8.07. The Morgan fingerprint density at radius 2 is 1.84 bits per heavy atom. The summed E-state index contributed by atoms with van der Waals surface area (Å²) in [5.74, 6) is 2.13. The Balaban J connectivity index is 2.40. The highest BCUT2D eigenvalue weighted by Gasteiger charge is 2.28. The number of thioether (sulfide) groups is 2. The average molecular weight is 309 g/mol. The molecule has 0 aliphatic heterocycles. The summed E-state index contributed by atoms with van der Waals surface area (Å²) < 4.78 is 36.5. The first-order valence-corrected chi connectivity index (χ1v) is 8.03. The number of rotatable bonds is 7. The van der Waals surface area contributed by atoms with E-state index >= 15 is 0 Å². The lowest BCUT2D eigenvalue weighted by Gasteiger charge is -2.13. The van der Waals surface area contributed by atoms with Crippen LogP contribution in [0.3, 0.4) is 0 Å². The van der Waals surface area contributed by atoms with Crippen LogP contribution in [0.2, 0.25) is 0 Å². The number of alkyl halides is 3. The van der Waals surface area contributed by atoms with Gasteiger partial charge in [-0.25, -0.2) is 0 Å². The second-order valence-corrected chi connectivity index (χ2v) is 6.59. The first-order valence-electron chi connectivity index (χ1n) is 6.06. The molecule has 0 aliphatic carbocycles. The van der Waals surface area contributed by atoms with Crippen molar-refractivity contribution in [2.24, 2.45) is 0 Å². The van der Waals surface area contributed by atoms with Gasteiger partial charge in [-0.2, -0.15) is 24.9 Å². The fourth-order valence-electron chi connectivity index (χ4n) is 1.45. The van der Waals surface area contributed by atoms with Crippen LogP contribution in [-0.2, 0) is 6.54 Å². The SMILES string of the molecule is CCSCC(C)NCc1ccc(SC(F)(F)F)cc1. The molecular weight excluding hydrogens is 291 g/mol. The van der Waals surface area contributed by atoms with Crippen molar-refractivity contribution >= 4 is 23.5 Å². The number of nitrogens with one attached hydrogen (secondary N) is 1. The molecule has 0 spiro atoms. The highest BCUT2D eigenvalue weighted by molar-refractivity contribution is 8.00. The van der Waals surface area contributed by atoms with Crippen molar-refractivity contribution in [2.45, 2.75) is 36.8 Å². The molecule has 19 heavy (non-hydrogen) atoms. The highest BCUT2D eigenvalue weighted by Crippen LogP contribution is 2.36. The zero-order valence-electron chi connectivity index (χ0n) is 11.0. The topological polar surface area (TPSA) is 12.0 Å². The minimum atomic E-state index is -4.22. The molecule has 1 atom stereocenters. The van der Waals surface area contributed by atoms with Gasteiger partial charge in [0.2, 0.25) is 0 Å². The third-order valence-electron chi connectivity index (χ3n) is 2.38. The predicted molar refractivity (Wildman–Crippen MR) is 77.7 cm³/mol. The van der Waals surface area contributed by atoms with Gasteiger partial charge in [-0.1, -0.05) is 19.1 Å². The zero-order chi connectivity index (χ0) is 14.3. The third-order valence-corrected chi connectivity index (χ3v) is 4.27. The Hall–Kier alpha value is -0.330. The summed E-state index contributed by atoms with van der Waals surface area (Å²) in [6.45, 7) is 4.91. The Kier molecular flexibility index (Phi) is 7.10. The van der Waals surface area contributed by atoms with Crippen molar-refractivity contribution in [3.63, 3.8) is 0 Å². The smallest absolute Gasteiger partial charge is 0.309 e. The van der Waals surface area contributed by atoms with Crippen LogP contribution < -0.4 is 5.32 Å². The average Bonchev–Trinajstić information content (AvgIpc) is 2.33. The molecule has 0 radical (unpaired) electrons. The number of halogens is 3. The van der Waals surface area contributed by atoms with Gasteiger partial charge in [-0.15, -0.1) is 0 Å². The first-order chi connectivity index (χ1) is 8.90. The minimum absolute atomic E-state index is 0.0788. The molecule has 0 aromatic heterocycles. The standard InChI is InChI=1S/C13H18F3NS2/c1-3-18-9-10(2)17-8-11-4-6-12(7-5-11)19-13(14,15)16/h4-7,10,17H,3,8-9H2,1-2H3. The molecule has 6 heteroatoms. The summed E-state index contributed by atoms with van der Waals surface area (Å²) in [7, 11) is 0. The van der Waals surface area contributed by atoms with Gasteiger partial charge in [-0.05, 0) is 42.1 Å². The molecule has 108 valence electrons. The first kappa shape index (κ1) is 16.7. The lowest BCUT2D eigenvalue weighted by atomic mass is 10.2. The molecule has 1 unspecified atom stereocenters. The van der Waals surface area contributed by atoms with Crippen molar-refractivity contribution in [2.75, 3.05) is 11.5 Å². The summed E-state index contributed by atoms with van der Waals surface area (Å²) in [6, 6.07) is 6.90. The maximum absolute atomic E-state index is 12.2. The van der Waals surface area contributed by atoms with Crippen LogP contribution in [0.5, 0.6) is 0 Å². The van der Waals surface area contributed by atoms with Gasteiger partial charge in [0, 0.05) is 23.2 Å². The van der Waals surface area contributed by atoms with Gasteiger partial charge in [0.15, 0.2) is 0 Å². The summed E-state index contributed by atoms with van der Waals surface area (Å²) in [6.07, 6.45) is 0. The van der Waals surface area contributed by atoms with E-state index in [1.165, 1.54) is 12.1 Å². The Morgan fingerprint density at radius 1 is 1.21 bits per heavy atom. The normalized spacial score (nSPS) is 13.5. The summed E-state index contributed by atoms with van der Waals surface area (Å²) in [5.41, 5.74) is -3.22. The van der Waals surface area contributed by atoms with E-state index in [0.717, 1.165) is 17.1 Å². The van der Waals surface area contributed by atoms with Crippen LogP contribution in [0.1, 0.15) is 19.4 Å². The zero-order valence-corrected chi connectivity index (χ0v) is 12.6. The van der Waals surface area contributed by atoms with Gasteiger partial charge in [0.05, 0.1) is 0 Å². The van der Waals surface area contributed by atoms with Crippen LogP contribution in [0.4, 0.5) is 13.2 Å². The molecule has 0 fully saturated rings. The van der Waals surface area contributed by atoms with E-state index in [-0.39, 0.29) is 16.7 Å². The fourth-order valence-corrected chi connectivity index (χ4v) is 2.70. The summed E-state index contributed by atoms with van der Waals surface area (Å²) in [5, 5.41) is 3.35. The molecule has 1 aromatic carbocycles. The van der Waals surface area contributed by atoms with E-state index in [0.29, 0.717) is 12.6 Å². The molecule has 0 aliphatic rings. The van der Waals surface area contributed by atoms with Gasteiger partial charge in [0.25, 0.3) is 0 Å². The molecule has 1 aromatic rings. The van der Waals surface area contributed by atoms with Crippen molar-refractivity contribution in [1.29, 1.82) is 0 Å². The van der Waals surface area contributed by atoms with Crippen molar-refractivity contribution < 1.29 is 13.2 Å². The van der Waals surface area contributed by atoms with E-state index in [2.05, 4.69) is 19.2 Å². The molecule has 1 rings (SSSR count). The van der Waals surface area contributed by atoms with Gasteiger partial charge in [0.1, 0.15) is 0 Å². The molecule has 1 nitrogen and oxygen atoms in total. The summed E-state index contributed by atoms with van der Waals surface area (Å²) >= 11 is 1.79. The van der Waals surface area contributed by atoms with E-state index in [4.69, 9.17) is 0 Å². The van der Waals surface area contributed by atoms with Crippen LogP contribution in [0.15, 0.2) is 29.2 Å². The van der Waals surface area contributed by atoms with E-state index in [1.54, 1.807) is 12.1 Å². The molecule has 0 bridgehead atoms. The lowest BCUT2D eigenvalue weighted by molar-refractivity contribution is -0.0328. The van der Waals surface area contributed by atoms with Crippen molar-refractivity contribution in [3.8, 4) is 0 Å². The molecule has 0 saturated heterocycles. The van der Waals surface area contributed by atoms with Gasteiger partial charge in [-0.3, -0.25) is 0 Å². The Bertz CT molecular complexity index is 365. The van der Waals surface area contributed by atoms with E-state index in [1.807, 2.05) is 11.8 Å². The van der Waals surface area contributed by atoms with Crippen molar-refractivity contribution in [3.05, 3.63) is 29.8 Å². The van der Waals surface area contributed by atoms with Crippen LogP contribution in [0.25, 0.3) is 0 Å². The maximum atomic E-state index is 12.2. The molecule has 0 saturated carbocycles. The number of benzene rings is 1. The maximum Gasteiger partial charge on any atom is 0.446 e.